The monoisotopic (exact) mass is 226 g/mol. The molecule has 4 heteroatoms. The second kappa shape index (κ2) is 4.72. The second-order valence-corrected chi connectivity index (χ2v) is 5.20. The first-order valence-corrected chi connectivity index (χ1v) is 6.29. The minimum atomic E-state index is -0.289. The second-order valence-electron chi connectivity index (χ2n) is 5.20. The van der Waals surface area contributed by atoms with Gasteiger partial charge in [0.15, 0.2) is 0 Å². The molecule has 16 heavy (non-hydrogen) atoms. The lowest BCUT2D eigenvalue weighted by Crippen LogP contribution is -2.47. The molecule has 1 heterocycles. The molecule has 3 N–H and O–H groups in total. The molecule has 0 spiro atoms. The Bertz CT molecular complexity index is 262. The summed E-state index contributed by atoms with van der Waals surface area (Å²) in [7, 11) is 0. The zero-order valence-corrected chi connectivity index (χ0v) is 10.00. The zero-order chi connectivity index (χ0) is 11.6. The Balaban J connectivity index is 1.89. The normalized spacial score (nSPS) is 33.1. The van der Waals surface area contributed by atoms with Crippen molar-refractivity contribution < 1.29 is 9.53 Å². The van der Waals surface area contributed by atoms with Crippen LogP contribution in [0.4, 0.5) is 0 Å². The molecule has 92 valence electrons. The van der Waals surface area contributed by atoms with Crippen LogP contribution in [0.3, 0.4) is 0 Å². The molecule has 2 rings (SSSR count). The van der Waals surface area contributed by atoms with Crippen molar-refractivity contribution in [3.63, 3.8) is 0 Å². The van der Waals surface area contributed by atoms with Gasteiger partial charge < -0.3 is 15.8 Å². The molecule has 0 bridgehead atoms. The third-order valence-corrected chi connectivity index (χ3v) is 4.16. The maximum absolute atomic E-state index is 11.6. The summed E-state index contributed by atoms with van der Waals surface area (Å²) in [4.78, 5) is 11.6. The van der Waals surface area contributed by atoms with E-state index in [-0.39, 0.29) is 17.4 Å². The van der Waals surface area contributed by atoms with E-state index in [1.165, 1.54) is 0 Å². The first-order valence-electron chi connectivity index (χ1n) is 6.29. The minimum Gasteiger partial charge on any atom is -0.377 e. The highest BCUT2D eigenvalue weighted by Gasteiger charge is 2.40. The van der Waals surface area contributed by atoms with Crippen LogP contribution in [0, 0.1) is 5.41 Å². The summed E-state index contributed by atoms with van der Waals surface area (Å²) in [5, 5.41) is 3.47. The SMILES string of the molecule is CC1OCCC1NCC1(C(N)=O)CCCC1. The van der Waals surface area contributed by atoms with Crippen LogP contribution < -0.4 is 11.1 Å². The highest BCUT2D eigenvalue weighted by molar-refractivity contribution is 5.81. The molecule has 2 unspecified atom stereocenters. The van der Waals surface area contributed by atoms with E-state index in [9.17, 15) is 4.79 Å². The van der Waals surface area contributed by atoms with Gasteiger partial charge in [-0.25, -0.2) is 0 Å². The summed E-state index contributed by atoms with van der Waals surface area (Å²) >= 11 is 0. The molecule has 1 aliphatic heterocycles. The van der Waals surface area contributed by atoms with E-state index in [0.29, 0.717) is 6.04 Å². The van der Waals surface area contributed by atoms with Gasteiger partial charge in [0.1, 0.15) is 0 Å². The number of hydrogen-bond acceptors (Lipinski definition) is 3. The van der Waals surface area contributed by atoms with Crippen molar-refractivity contribution >= 4 is 5.91 Å². The molecule has 0 aromatic rings. The third kappa shape index (κ3) is 2.23. The Morgan fingerprint density at radius 1 is 1.50 bits per heavy atom. The van der Waals surface area contributed by atoms with Crippen LogP contribution in [0.5, 0.6) is 0 Å². The topological polar surface area (TPSA) is 64.3 Å². The predicted molar refractivity (Wildman–Crippen MR) is 61.9 cm³/mol. The van der Waals surface area contributed by atoms with Gasteiger partial charge in [0.2, 0.25) is 5.91 Å². The average molecular weight is 226 g/mol. The summed E-state index contributed by atoms with van der Waals surface area (Å²) < 4.78 is 5.50. The number of ether oxygens (including phenoxy) is 1. The summed E-state index contributed by atoms with van der Waals surface area (Å²) in [6.07, 6.45) is 5.43. The standard InChI is InChI=1S/C12H22N2O2/c1-9-10(4-7-16-9)14-8-12(11(13)15)5-2-3-6-12/h9-10,14H,2-8H2,1H3,(H2,13,15). The number of carbonyl (C=O) groups excluding carboxylic acids is 1. The molecule has 0 radical (unpaired) electrons. The van der Waals surface area contributed by atoms with Gasteiger partial charge >= 0.3 is 0 Å². The van der Waals surface area contributed by atoms with E-state index in [4.69, 9.17) is 10.5 Å². The summed E-state index contributed by atoms with van der Waals surface area (Å²) in [5.74, 6) is -0.135. The van der Waals surface area contributed by atoms with Crippen molar-refractivity contribution in [2.24, 2.45) is 11.1 Å². The lowest BCUT2D eigenvalue weighted by molar-refractivity contribution is -0.127. The van der Waals surface area contributed by atoms with Gasteiger partial charge in [-0.15, -0.1) is 0 Å². The van der Waals surface area contributed by atoms with Crippen molar-refractivity contribution in [1.82, 2.24) is 5.32 Å². The van der Waals surface area contributed by atoms with Gasteiger partial charge in [-0.1, -0.05) is 12.8 Å². The van der Waals surface area contributed by atoms with Crippen LogP contribution in [0.1, 0.15) is 39.0 Å². The molecule has 2 aliphatic rings. The fourth-order valence-corrected chi connectivity index (χ4v) is 2.89. The number of carbonyl (C=O) groups is 1. The molecule has 1 amide bonds. The number of hydrogen-bond donors (Lipinski definition) is 2. The number of rotatable bonds is 4. The van der Waals surface area contributed by atoms with E-state index < -0.39 is 0 Å². The van der Waals surface area contributed by atoms with Crippen molar-refractivity contribution in [2.75, 3.05) is 13.2 Å². The van der Waals surface area contributed by atoms with E-state index in [1.807, 2.05) is 0 Å². The first-order chi connectivity index (χ1) is 7.64. The fraction of sp³-hybridized carbons (Fsp3) is 0.917. The van der Waals surface area contributed by atoms with Gasteiger partial charge in [0, 0.05) is 19.2 Å². The summed E-state index contributed by atoms with van der Waals surface area (Å²) in [6.45, 7) is 3.62. The molecule has 2 fully saturated rings. The number of nitrogens with two attached hydrogens (primary N) is 1. The lowest BCUT2D eigenvalue weighted by Gasteiger charge is -2.28. The minimum absolute atomic E-state index is 0.135. The average Bonchev–Trinajstić information content (AvgIpc) is 2.84. The molecule has 1 saturated heterocycles. The Morgan fingerprint density at radius 2 is 2.19 bits per heavy atom. The van der Waals surface area contributed by atoms with Crippen LogP contribution in [0.25, 0.3) is 0 Å². The Labute approximate surface area is 96.9 Å². The molecule has 2 atom stereocenters. The van der Waals surface area contributed by atoms with Crippen LogP contribution >= 0.6 is 0 Å². The Kier molecular flexibility index (Phi) is 3.50. The summed E-state index contributed by atoms with van der Waals surface area (Å²) in [6, 6.07) is 0.386. The van der Waals surface area contributed by atoms with Crippen molar-refractivity contribution in [3.8, 4) is 0 Å². The van der Waals surface area contributed by atoms with Gasteiger partial charge in [-0.2, -0.15) is 0 Å². The Hall–Kier alpha value is -0.610. The smallest absolute Gasteiger partial charge is 0.224 e. The zero-order valence-electron chi connectivity index (χ0n) is 10.00. The van der Waals surface area contributed by atoms with Gasteiger partial charge in [0.25, 0.3) is 0 Å². The van der Waals surface area contributed by atoms with E-state index in [2.05, 4.69) is 12.2 Å². The van der Waals surface area contributed by atoms with Gasteiger partial charge in [-0.3, -0.25) is 4.79 Å². The maximum atomic E-state index is 11.6. The predicted octanol–water partition coefficient (Wildman–Crippen LogP) is 0.799. The summed E-state index contributed by atoms with van der Waals surface area (Å²) in [5.41, 5.74) is 5.25. The third-order valence-electron chi connectivity index (χ3n) is 4.16. The molecule has 1 saturated carbocycles. The Morgan fingerprint density at radius 3 is 2.69 bits per heavy atom. The maximum Gasteiger partial charge on any atom is 0.224 e. The van der Waals surface area contributed by atoms with E-state index >= 15 is 0 Å². The number of nitrogens with one attached hydrogen (secondary N) is 1. The molecular formula is C12H22N2O2. The fourth-order valence-electron chi connectivity index (χ4n) is 2.89. The highest BCUT2D eigenvalue weighted by Crippen LogP contribution is 2.37. The van der Waals surface area contributed by atoms with Crippen molar-refractivity contribution in [2.45, 2.75) is 51.2 Å². The molecule has 4 nitrogen and oxygen atoms in total. The molecule has 0 aromatic heterocycles. The van der Waals surface area contributed by atoms with E-state index in [0.717, 1.165) is 45.3 Å². The van der Waals surface area contributed by atoms with Crippen molar-refractivity contribution in [3.05, 3.63) is 0 Å². The quantitative estimate of drug-likeness (QED) is 0.745. The van der Waals surface area contributed by atoms with Crippen LogP contribution in [-0.4, -0.2) is 31.2 Å². The van der Waals surface area contributed by atoms with Crippen LogP contribution in [0.15, 0.2) is 0 Å². The highest BCUT2D eigenvalue weighted by atomic mass is 16.5. The number of primary amides is 1. The number of amides is 1. The van der Waals surface area contributed by atoms with Crippen LogP contribution in [0.2, 0.25) is 0 Å². The largest absolute Gasteiger partial charge is 0.377 e. The lowest BCUT2D eigenvalue weighted by atomic mass is 9.85. The van der Waals surface area contributed by atoms with Crippen molar-refractivity contribution in [1.29, 1.82) is 0 Å². The van der Waals surface area contributed by atoms with E-state index in [1.54, 1.807) is 0 Å². The van der Waals surface area contributed by atoms with Gasteiger partial charge in [0.05, 0.1) is 11.5 Å². The van der Waals surface area contributed by atoms with Gasteiger partial charge in [-0.05, 0) is 26.2 Å². The molecule has 0 aromatic carbocycles. The molecular weight excluding hydrogens is 204 g/mol. The van der Waals surface area contributed by atoms with Crippen LogP contribution in [-0.2, 0) is 9.53 Å². The molecule has 1 aliphatic carbocycles. The first kappa shape index (κ1) is 11.9.